The molecule has 1 N–H and O–H groups in total. The number of aliphatic hydroxyl groups excluding tert-OH is 1. The van der Waals surface area contributed by atoms with Crippen molar-refractivity contribution in [3.8, 4) is 0 Å². The minimum Gasteiger partial charge on any atom is -0.393 e. The summed E-state index contributed by atoms with van der Waals surface area (Å²) in [5, 5.41) is 10.0. The Morgan fingerprint density at radius 2 is 0.979 bits per heavy atom. The van der Waals surface area contributed by atoms with E-state index in [0.717, 1.165) is 84.5 Å². The minimum atomic E-state index is -0.0968. The summed E-state index contributed by atoms with van der Waals surface area (Å²) in [6, 6.07) is 21.6. The van der Waals surface area contributed by atoms with Crippen molar-refractivity contribution < 1.29 is 9.90 Å². The fraction of sp³-hybridized carbons (Fsp3) is 0.690. The molecular weight excluding hydrogens is 592 g/mol. The third kappa shape index (κ3) is 18.6. The van der Waals surface area contributed by atoms with Crippen molar-refractivity contribution in [2.45, 2.75) is 110 Å². The Morgan fingerprint density at radius 1 is 0.542 bits per heavy atom. The average Bonchev–Trinajstić information content (AvgIpc) is 3.12. The van der Waals surface area contributed by atoms with E-state index >= 15 is 0 Å². The van der Waals surface area contributed by atoms with Crippen LogP contribution in [0.4, 0.5) is 0 Å². The summed E-state index contributed by atoms with van der Waals surface area (Å²) >= 11 is 0. The molecular formula is C42H70N4O2. The van der Waals surface area contributed by atoms with Crippen LogP contribution in [0, 0.1) is 0 Å². The van der Waals surface area contributed by atoms with Gasteiger partial charge in [0.25, 0.3) is 0 Å². The van der Waals surface area contributed by atoms with Crippen LogP contribution in [-0.4, -0.2) is 115 Å². The van der Waals surface area contributed by atoms with E-state index in [0.29, 0.717) is 5.78 Å². The molecule has 4 rings (SSSR count). The quantitative estimate of drug-likeness (QED) is 0.133. The van der Waals surface area contributed by atoms with Gasteiger partial charge in [-0.3, -0.25) is 4.79 Å². The Kier molecular flexibility index (Phi) is 21.7. The van der Waals surface area contributed by atoms with Crippen molar-refractivity contribution in [3.05, 3.63) is 71.8 Å². The second-order valence-electron chi connectivity index (χ2n) is 14.2. The van der Waals surface area contributed by atoms with E-state index in [1.54, 1.807) is 0 Å². The highest BCUT2D eigenvalue weighted by atomic mass is 16.3. The van der Waals surface area contributed by atoms with Gasteiger partial charge in [0.05, 0.1) is 6.10 Å². The first-order chi connectivity index (χ1) is 23.6. The fourth-order valence-electron chi connectivity index (χ4n) is 6.86. The number of carbonyl (C=O) groups is 1. The molecule has 0 radical (unpaired) electrons. The van der Waals surface area contributed by atoms with Crippen LogP contribution < -0.4 is 0 Å². The van der Waals surface area contributed by atoms with Gasteiger partial charge in [-0.15, -0.1) is 0 Å². The Labute approximate surface area is 294 Å². The van der Waals surface area contributed by atoms with Gasteiger partial charge in [0.2, 0.25) is 0 Å². The molecule has 6 heteroatoms. The number of Topliss-reactive ketones (excluding diaryl/α,β-unsaturated/α-hetero) is 1. The van der Waals surface area contributed by atoms with Crippen LogP contribution >= 0.6 is 0 Å². The second kappa shape index (κ2) is 25.8. The van der Waals surface area contributed by atoms with Crippen LogP contribution in [0.2, 0.25) is 0 Å². The third-order valence-corrected chi connectivity index (χ3v) is 10.2. The number of benzene rings is 2. The summed E-state index contributed by atoms with van der Waals surface area (Å²) in [6.45, 7) is 18.0. The molecule has 2 aromatic rings. The highest BCUT2D eigenvalue weighted by Gasteiger charge is 2.18. The molecule has 1 atom stereocenters. The van der Waals surface area contributed by atoms with Gasteiger partial charge in [-0.2, -0.15) is 0 Å². The number of hydrogen-bond acceptors (Lipinski definition) is 6. The van der Waals surface area contributed by atoms with Crippen molar-refractivity contribution in [2.75, 3.05) is 78.5 Å². The molecule has 0 aromatic heterocycles. The summed E-state index contributed by atoms with van der Waals surface area (Å²) in [5.74, 6) is 0.453. The largest absolute Gasteiger partial charge is 0.393 e. The topological polar surface area (TPSA) is 50.3 Å². The molecule has 0 bridgehead atoms. The lowest BCUT2D eigenvalue weighted by molar-refractivity contribution is -0.119. The van der Waals surface area contributed by atoms with Crippen LogP contribution in [0.25, 0.3) is 0 Å². The van der Waals surface area contributed by atoms with Crippen LogP contribution in [-0.2, 0) is 17.6 Å². The Morgan fingerprint density at radius 3 is 1.46 bits per heavy atom. The molecule has 2 aliphatic rings. The molecule has 0 saturated carbocycles. The maximum absolute atomic E-state index is 11.9. The summed E-state index contributed by atoms with van der Waals surface area (Å²) < 4.78 is 0. The first-order valence-corrected chi connectivity index (χ1v) is 19.7. The standard InChI is InChI=1S/C21H36N2O.C21H34N2O/c2*1-2-3-5-12-21(24)13-15-23-18-16-22(17-19-23)14-8-11-20-9-6-4-7-10-20/h4,6-7,9-10,21,24H,2-3,5,8,11-19H2,1H3;4,6-7,9-10H,2-3,5,8,11-19H2,1H3. The van der Waals surface area contributed by atoms with Crippen molar-refractivity contribution in [1.82, 2.24) is 19.6 Å². The van der Waals surface area contributed by atoms with Gasteiger partial charge < -0.3 is 24.7 Å². The Bertz CT molecular complexity index is 1040. The molecule has 1 unspecified atom stereocenters. The van der Waals surface area contributed by atoms with E-state index < -0.39 is 0 Å². The van der Waals surface area contributed by atoms with E-state index in [9.17, 15) is 9.90 Å². The molecule has 2 aromatic carbocycles. The summed E-state index contributed by atoms with van der Waals surface area (Å²) in [5.41, 5.74) is 2.89. The number of hydrogen-bond donors (Lipinski definition) is 1. The Hall–Kier alpha value is -2.09. The van der Waals surface area contributed by atoms with Gasteiger partial charge >= 0.3 is 0 Å². The zero-order chi connectivity index (χ0) is 34.1. The summed E-state index contributed by atoms with van der Waals surface area (Å²) in [6.07, 6.45) is 15.3. The molecule has 2 saturated heterocycles. The van der Waals surface area contributed by atoms with Crippen molar-refractivity contribution in [1.29, 1.82) is 0 Å². The van der Waals surface area contributed by atoms with Gasteiger partial charge in [-0.25, -0.2) is 0 Å². The van der Waals surface area contributed by atoms with Crippen LogP contribution in [0.5, 0.6) is 0 Å². The molecule has 2 heterocycles. The van der Waals surface area contributed by atoms with E-state index in [1.807, 2.05) is 0 Å². The van der Waals surface area contributed by atoms with Crippen molar-refractivity contribution >= 4 is 5.78 Å². The van der Waals surface area contributed by atoms with Gasteiger partial charge in [0.15, 0.2) is 0 Å². The van der Waals surface area contributed by atoms with Crippen LogP contribution in [0.15, 0.2) is 60.7 Å². The van der Waals surface area contributed by atoms with Crippen molar-refractivity contribution in [3.63, 3.8) is 0 Å². The van der Waals surface area contributed by atoms with Crippen LogP contribution in [0.1, 0.15) is 102 Å². The molecule has 48 heavy (non-hydrogen) atoms. The third-order valence-electron chi connectivity index (χ3n) is 10.2. The van der Waals surface area contributed by atoms with E-state index in [-0.39, 0.29) is 6.10 Å². The molecule has 2 fully saturated rings. The molecule has 270 valence electrons. The van der Waals surface area contributed by atoms with E-state index in [1.165, 1.54) is 95.1 Å². The number of aryl methyl sites for hydroxylation is 2. The highest BCUT2D eigenvalue weighted by molar-refractivity contribution is 5.78. The molecule has 0 spiro atoms. The van der Waals surface area contributed by atoms with E-state index in [4.69, 9.17) is 0 Å². The summed E-state index contributed by atoms with van der Waals surface area (Å²) in [4.78, 5) is 22.0. The number of piperazine rings is 2. The number of carbonyl (C=O) groups excluding carboxylic acids is 1. The monoisotopic (exact) mass is 663 g/mol. The predicted molar refractivity (Wildman–Crippen MR) is 204 cm³/mol. The van der Waals surface area contributed by atoms with Crippen molar-refractivity contribution in [2.24, 2.45) is 0 Å². The smallest absolute Gasteiger partial charge is 0.134 e. The maximum atomic E-state index is 11.9. The number of rotatable bonds is 22. The highest BCUT2D eigenvalue weighted by Crippen LogP contribution is 2.11. The lowest BCUT2D eigenvalue weighted by Crippen LogP contribution is -2.47. The van der Waals surface area contributed by atoms with Gasteiger partial charge in [-0.1, -0.05) is 107 Å². The molecule has 6 nitrogen and oxygen atoms in total. The maximum Gasteiger partial charge on any atom is 0.134 e. The molecule has 0 aliphatic carbocycles. The lowest BCUT2D eigenvalue weighted by Gasteiger charge is -2.35. The predicted octanol–water partition coefficient (Wildman–Crippen LogP) is 7.34. The van der Waals surface area contributed by atoms with E-state index in [2.05, 4.69) is 94.1 Å². The van der Waals surface area contributed by atoms with Crippen LogP contribution in [0.3, 0.4) is 0 Å². The molecule has 0 amide bonds. The Balaban J connectivity index is 0.000000260. The van der Waals surface area contributed by atoms with Gasteiger partial charge in [0, 0.05) is 78.3 Å². The zero-order valence-electron chi connectivity index (χ0n) is 30.9. The lowest BCUT2D eigenvalue weighted by atomic mass is 10.1. The minimum absolute atomic E-state index is 0.0968. The number of aliphatic hydroxyl groups is 1. The average molecular weight is 663 g/mol. The first-order valence-electron chi connectivity index (χ1n) is 19.7. The number of nitrogens with zero attached hydrogens (tertiary/aromatic N) is 4. The SMILES string of the molecule is CCCCCC(=O)CCN1CCN(CCCc2ccccc2)CC1.CCCCCC(O)CCN1CCN(CCCc2ccccc2)CC1. The second-order valence-corrected chi connectivity index (χ2v) is 14.2. The fourth-order valence-corrected chi connectivity index (χ4v) is 6.86. The zero-order valence-corrected chi connectivity index (χ0v) is 30.9. The molecule has 2 aliphatic heterocycles. The van der Waals surface area contributed by atoms with Gasteiger partial charge in [-0.05, 0) is 69.2 Å². The number of unbranched alkanes of at least 4 members (excludes halogenated alkanes) is 4. The number of ketones is 1. The normalized spacial score (nSPS) is 17.1. The first kappa shape index (κ1) is 40.3. The summed E-state index contributed by atoms with van der Waals surface area (Å²) in [7, 11) is 0. The van der Waals surface area contributed by atoms with Gasteiger partial charge in [0.1, 0.15) is 5.78 Å².